The van der Waals surface area contributed by atoms with Gasteiger partial charge in [-0.3, -0.25) is 4.79 Å². The molecule has 0 aliphatic carbocycles. The Morgan fingerprint density at radius 1 is 1.20 bits per heavy atom. The quantitative estimate of drug-likeness (QED) is 0.726. The summed E-state index contributed by atoms with van der Waals surface area (Å²) >= 11 is 0. The summed E-state index contributed by atoms with van der Waals surface area (Å²) in [4.78, 5) is 13.4. The molecule has 132 valence electrons. The summed E-state index contributed by atoms with van der Waals surface area (Å²) < 4.78 is 5.48. The van der Waals surface area contributed by atoms with Crippen LogP contribution in [0.15, 0.2) is 55.1 Å². The van der Waals surface area contributed by atoms with Crippen LogP contribution in [0.4, 0.5) is 5.69 Å². The third-order valence-corrected chi connectivity index (χ3v) is 3.93. The Hall–Kier alpha value is -2.59. The summed E-state index contributed by atoms with van der Waals surface area (Å²) in [5, 5.41) is 3.01. The van der Waals surface area contributed by atoms with E-state index in [4.69, 9.17) is 4.74 Å². The molecule has 0 saturated carbocycles. The second-order valence-electron chi connectivity index (χ2n) is 6.42. The van der Waals surface area contributed by atoms with Crippen molar-refractivity contribution in [2.75, 3.05) is 25.5 Å². The summed E-state index contributed by atoms with van der Waals surface area (Å²) in [7, 11) is 2.02. The van der Waals surface area contributed by atoms with Crippen LogP contribution in [0.3, 0.4) is 0 Å². The maximum atomic E-state index is 12.3. The number of hydrogen-bond acceptors (Lipinski definition) is 2. The molecule has 0 heterocycles. The van der Waals surface area contributed by atoms with Crippen LogP contribution in [0.1, 0.15) is 16.7 Å². The van der Waals surface area contributed by atoms with Crippen LogP contribution in [-0.2, 0) is 11.3 Å². The van der Waals surface area contributed by atoms with Crippen molar-refractivity contribution in [3.05, 3.63) is 71.8 Å². The van der Waals surface area contributed by atoms with Crippen LogP contribution in [0.25, 0.3) is 0 Å². The minimum Gasteiger partial charge on any atom is -0.490 e. The maximum Gasteiger partial charge on any atom is 0.279 e. The molecule has 0 aromatic heterocycles. The number of nitrogens with one attached hydrogen (secondary N) is 2. The molecule has 25 heavy (non-hydrogen) atoms. The molecule has 2 rings (SSSR count). The molecule has 0 fully saturated rings. The van der Waals surface area contributed by atoms with Crippen molar-refractivity contribution in [3.8, 4) is 5.75 Å². The molecular weight excluding hydrogens is 312 g/mol. The molecule has 2 N–H and O–H groups in total. The smallest absolute Gasteiger partial charge is 0.279 e. The zero-order chi connectivity index (χ0) is 18.2. The lowest BCUT2D eigenvalue weighted by Crippen LogP contribution is -3.08. The van der Waals surface area contributed by atoms with Crippen molar-refractivity contribution in [1.29, 1.82) is 0 Å². The third-order valence-electron chi connectivity index (χ3n) is 3.93. The number of rotatable bonds is 8. The van der Waals surface area contributed by atoms with Gasteiger partial charge in [0.15, 0.2) is 6.54 Å². The maximum absolute atomic E-state index is 12.3. The standard InChI is InChI=1S/C21H26N2O2/c1-5-12-25-19-10-8-18(9-11-19)14-23(4)15-21(24)22-20-13-16(2)6-7-17(20)3/h5-11,13H,1,12,14-15H2,2-4H3,(H,22,24)/p+1. The van der Waals surface area contributed by atoms with E-state index in [0.717, 1.165) is 34.0 Å². The molecule has 0 aliphatic rings. The molecule has 1 atom stereocenters. The van der Waals surface area contributed by atoms with E-state index in [2.05, 4.69) is 11.9 Å². The van der Waals surface area contributed by atoms with Crippen LogP contribution in [0.2, 0.25) is 0 Å². The first kappa shape index (κ1) is 18.7. The molecule has 4 nitrogen and oxygen atoms in total. The fraction of sp³-hybridized carbons (Fsp3) is 0.286. The van der Waals surface area contributed by atoms with Crippen LogP contribution < -0.4 is 15.0 Å². The number of carbonyl (C=O) groups excluding carboxylic acids is 1. The van der Waals surface area contributed by atoms with Crippen LogP contribution in [0, 0.1) is 13.8 Å². The highest BCUT2D eigenvalue weighted by atomic mass is 16.5. The van der Waals surface area contributed by atoms with Gasteiger partial charge in [0.2, 0.25) is 0 Å². The van der Waals surface area contributed by atoms with Gasteiger partial charge in [0.1, 0.15) is 18.9 Å². The summed E-state index contributed by atoms with van der Waals surface area (Å²) in [6.07, 6.45) is 1.72. The van der Waals surface area contributed by atoms with Crippen LogP contribution in [-0.4, -0.2) is 26.1 Å². The number of ether oxygens (including phenoxy) is 1. The molecule has 1 unspecified atom stereocenters. The minimum atomic E-state index is 0.0251. The summed E-state index contributed by atoms with van der Waals surface area (Å²) in [6, 6.07) is 14.0. The fourth-order valence-electron chi connectivity index (χ4n) is 2.61. The highest BCUT2D eigenvalue weighted by molar-refractivity contribution is 5.92. The molecule has 0 saturated heterocycles. The van der Waals surface area contributed by atoms with Gasteiger partial charge in [-0.05, 0) is 55.3 Å². The van der Waals surface area contributed by atoms with E-state index in [1.807, 2.05) is 63.4 Å². The van der Waals surface area contributed by atoms with Gasteiger partial charge in [0.05, 0.1) is 7.05 Å². The van der Waals surface area contributed by atoms with Crippen molar-refractivity contribution in [2.24, 2.45) is 0 Å². The second-order valence-corrected chi connectivity index (χ2v) is 6.42. The number of amides is 1. The van der Waals surface area contributed by atoms with Gasteiger partial charge in [-0.1, -0.05) is 24.8 Å². The Labute approximate surface area is 150 Å². The average Bonchev–Trinajstić information content (AvgIpc) is 2.57. The predicted molar refractivity (Wildman–Crippen MR) is 102 cm³/mol. The van der Waals surface area contributed by atoms with Crippen molar-refractivity contribution >= 4 is 11.6 Å². The molecule has 2 aromatic carbocycles. The predicted octanol–water partition coefficient (Wildman–Crippen LogP) is 2.52. The number of anilines is 1. The monoisotopic (exact) mass is 339 g/mol. The molecule has 0 aliphatic heterocycles. The summed E-state index contributed by atoms with van der Waals surface area (Å²) in [5.74, 6) is 0.853. The van der Waals surface area contributed by atoms with Crippen molar-refractivity contribution < 1.29 is 14.4 Å². The summed E-state index contributed by atoms with van der Waals surface area (Å²) in [6.45, 7) is 9.36. The van der Waals surface area contributed by atoms with E-state index < -0.39 is 0 Å². The fourth-order valence-corrected chi connectivity index (χ4v) is 2.61. The van der Waals surface area contributed by atoms with E-state index in [1.165, 1.54) is 5.56 Å². The Kier molecular flexibility index (Phi) is 6.78. The first-order chi connectivity index (χ1) is 12.0. The van der Waals surface area contributed by atoms with Crippen LogP contribution >= 0.6 is 0 Å². The van der Waals surface area contributed by atoms with Gasteiger partial charge in [0, 0.05) is 11.3 Å². The second kappa shape index (κ2) is 9.04. The normalized spacial score (nSPS) is 11.6. The lowest BCUT2D eigenvalue weighted by atomic mass is 10.1. The lowest BCUT2D eigenvalue weighted by Gasteiger charge is -2.15. The van der Waals surface area contributed by atoms with Crippen molar-refractivity contribution in [2.45, 2.75) is 20.4 Å². The van der Waals surface area contributed by atoms with Gasteiger partial charge in [-0.25, -0.2) is 0 Å². The topological polar surface area (TPSA) is 42.8 Å². The third kappa shape index (κ3) is 6.08. The Morgan fingerprint density at radius 2 is 1.92 bits per heavy atom. The minimum absolute atomic E-state index is 0.0251. The SMILES string of the molecule is C=CCOc1ccc(C[NH+](C)CC(=O)Nc2cc(C)ccc2C)cc1. The van der Waals surface area contributed by atoms with E-state index >= 15 is 0 Å². The van der Waals surface area contributed by atoms with Gasteiger partial charge >= 0.3 is 0 Å². The highest BCUT2D eigenvalue weighted by Gasteiger charge is 2.12. The number of hydrogen-bond donors (Lipinski definition) is 2. The van der Waals surface area contributed by atoms with Gasteiger partial charge in [-0.15, -0.1) is 0 Å². The number of carbonyl (C=O) groups is 1. The number of aryl methyl sites for hydroxylation is 2. The molecule has 0 radical (unpaired) electrons. The first-order valence-corrected chi connectivity index (χ1v) is 8.49. The van der Waals surface area contributed by atoms with Crippen LogP contribution in [0.5, 0.6) is 5.75 Å². The number of benzene rings is 2. The van der Waals surface area contributed by atoms with E-state index in [1.54, 1.807) is 6.08 Å². The van der Waals surface area contributed by atoms with Gasteiger partial charge in [0.25, 0.3) is 5.91 Å². The Bertz CT molecular complexity index is 723. The molecule has 0 bridgehead atoms. The Balaban J connectivity index is 1.86. The molecule has 1 amide bonds. The lowest BCUT2D eigenvalue weighted by molar-refractivity contribution is -0.885. The average molecular weight is 339 g/mol. The highest BCUT2D eigenvalue weighted by Crippen LogP contribution is 2.16. The molecule has 0 spiro atoms. The zero-order valence-electron chi connectivity index (χ0n) is 15.3. The summed E-state index contributed by atoms with van der Waals surface area (Å²) in [5.41, 5.74) is 4.27. The first-order valence-electron chi connectivity index (χ1n) is 8.49. The van der Waals surface area contributed by atoms with Crippen molar-refractivity contribution in [1.82, 2.24) is 0 Å². The van der Waals surface area contributed by atoms with E-state index in [-0.39, 0.29) is 5.91 Å². The largest absolute Gasteiger partial charge is 0.490 e. The van der Waals surface area contributed by atoms with E-state index in [9.17, 15) is 4.79 Å². The van der Waals surface area contributed by atoms with Gasteiger partial charge in [-0.2, -0.15) is 0 Å². The zero-order valence-corrected chi connectivity index (χ0v) is 15.3. The molecule has 4 heteroatoms. The molecular formula is C21H27N2O2+. The number of quaternary nitrogens is 1. The Morgan fingerprint density at radius 3 is 2.60 bits per heavy atom. The van der Waals surface area contributed by atoms with Gasteiger partial charge < -0.3 is 15.0 Å². The number of likely N-dealkylation sites (N-methyl/N-ethyl adjacent to an activating group) is 1. The molecule has 2 aromatic rings. The van der Waals surface area contributed by atoms with E-state index in [0.29, 0.717) is 13.2 Å². The van der Waals surface area contributed by atoms with Crippen molar-refractivity contribution in [3.63, 3.8) is 0 Å².